The lowest BCUT2D eigenvalue weighted by Crippen LogP contribution is -2.01. The van der Waals surface area contributed by atoms with Crippen LogP contribution in [0.25, 0.3) is 11.3 Å². The summed E-state index contributed by atoms with van der Waals surface area (Å²) in [7, 11) is 0. The third-order valence-electron chi connectivity index (χ3n) is 3.73. The first kappa shape index (κ1) is 16.4. The van der Waals surface area contributed by atoms with Crippen molar-refractivity contribution in [3.63, 3.8) is 0 Å². The van der Waals surface area contributed by atoms with E-state index in [1.807, 2.05) is 12.1 Å². The van der Waals surface area contributed by atoms with E-state index in [0.717, 1.165) is 17.4 Å². The molecule has 0 fully saturated rings. The Balaban J connectivity index is 1.91. The Bertz CT molecular complexity index is 921. The molecule has 5 nitrogen and oxygen atoms in total. The van der Waals surface area contributed by atoms with Crippen molar-refractivity contribution in [1.82, 2.24) is 4.98 Å². The van der Waals surface area contributed by atoms with Crippen LogP contribution in [0.1, 0.15) is 26.3 Å². The lowest BCUT2D eigenvalue weighted by molar-refractivity contribution is 0.111. The lowest BCUT2D eigenvalue weighted by atomic mass is 10.0. The number of carbonyl (C=O) groups is 2. The molecule has 0 bridgehead atoms. The third-order valence-corrected chi connectivity index (χ3v) is 3.73. The first-order valence-corrected chi connectivity index (χ1v) is 7.62. The molecule has 0 aliphatic heterocycles. The smallest absolute Gasteiger partial charge is 0.157 e. The van der Waals surface area contributed by atoms with Gasteiger partial charge >= 0.3 is 0 Å². The normalized spacial score (nSPS) is 10.2. The van der Waals surface area contributed by atoms with Gasteiger partial charge in [0.25, 0.3) is 0 Å². The molecule has 0 amide bonds. The van der Waals surface area contributed by atoms with Crippen LogP contribution in [0.4, 0.5) is 0 Å². The SMILES string of the molecule is O=Cc1cccc(-c2ncccc2COc2cccc(O)c2C=O)c1. The van der Waals surface area contributed by atoms with E-state index < -0.39 is 0 Å². The van der Waals surface area contributed by atoms with E-state index in [2.05, 4.69) is 4.98 Å². The molecule has 25 heavy (non-hydrogen) atoms. The van der Waals surface area contributed by atoms with Crippen LogP contribution in [0.2, 0.25) is 0 Å². The van der Waals surface area contributed by atoms with Crippen molar-refractivity contribution in [2.75, 3.05) is 0 Å². The van der Waals surface area contributed by atoms with Gasteiger partial charge in [-0.1, -0.05) is 30.3 Å². The summed E-state index contributed by atoms with van der Waals surface area (Å²) in [4.78, 5) is 26.5. The maximum absolute atomic E-state index is 11.1. The fourth-order valence-corrected chi connectivity index (χ4v) is 2.51. The highest BCUT2D eigenvalue weighted by Crippen LogP contribution is 2.28. The first-order chi connectivity index (χ1) is 12.2. The number of nitrogens with zero attached hydrogens (tertiary/aromatic N) is 1. The lowest BCUT2D eigenvalue weighted by Gasteiger charge is -2.12. The molecule has 1 N–H and O–H groups in total. The van der Waals surface area contributed by atoms with Gasteiger partial charge in [0.15, 0.2) is 6.29 Å². The fraction of sp³-hybridized carbons (Fsp3) is 0.0500. The van der Waals surface area contributed by atoms with Crippen LogP contribution in [0.15, 0.2) is 60.8 Å². The van der Waals surface area contributed by atoms with Crippen molar-refractivity contribution in [3.05, 3.63) is 77.5 Å². The molecule has 0 aliphatic carbocycles. The summed E-state index contributed by atoms with van der Waals surface area (Å²) < 4.78 is 5.71. The van der Waals surface area contributed by atoms with Gasteiger partial charge in [-0.25, -0.2) is 0 Å². The van der Waals surface area contributed by atoms with Crippen LogP contribution in [-0.2, 0) is 6.61 Å². The van der Waals surface area contributed by atoms with Crippen LogP contribution in [0.5, 0.6) is 11.5 Å². The highest BCUT2D eigenvalue weighted by Gasteiger charge is 2.11. The molecule has 0 spiro atoms. The molecule has 3 rings (SSSR count). The van der Waals surface area contributed by atoms with E-state index in [9.17, 15) is 14.7 Å². The van der Waals surface area contributed by atoms with Gasteiger partial charge in [-0.15, -0.1) is 0 Å². The van der Waals surface area contributed by atoms with Gasteiger partial charge in [0.2, 0.25) is 0 Å². The van der Waals surface area contributed by atoms with Crippen molar-refractivity contribution in [2.24, 2.45) is 0 Å². The van der Waals surface area contributed by atoms with Gasteiger partial charge < -0.3 is 9.84 Å². The quantitative estimate of drug-likeness (QED) is 0.697. The zero-order valence-electron chi connectivity index (χ0n) is 13.3. The number of phenolic OH excluding ortho intramolecular Hbond substituents is 1. The third kappa shape index (κ3) is 3.55. The van der Waals surface area contributed by atoms with Crippen molar-refractivity contribution < 1.29 is 19.4 Å². The summed E-state index contributed by atoms with van der Waals surface area (Å²) in [5.41, 5.74) is 2.96. The van der Waals surface area contributed by atoms with Gasteiger partial charge in [0.05, 0.1) is 11.3 Å². The van der Waals surface area contributed by atoms with Crippen LogP contribution in [0.3, 0.4) is 0 Å². The summed E-state index contributed by atoms with van der Waals surface area (Å²) in [6.07, 6.45) is 3.01. The highest BCUT2D eigenvalue weighted by molar-refractivity contribution is 5.83. The molecular formula is C20H15NO4. The molecule has 0 saturated heterocycles. The Morgan fingerprint density at radius 3 is 2.64 bits per heavy atom. The molecule has 0 saturated carbocycles. The average Bonchev–Trinajstić information content (AvgIpc) is 2.66. The minimum atomic E-state index is -0.127. The predicted octanol–water partition coefficient (Wildman–Crippen LogP) is 3.66. The van der Waals surface area contributed by atoms with Crippen LogP contribution in [0, 0.1) is 0 Å². The molecule has 0 radical (unpaired) electrons. The summed E-state index contributed by atoms with van der Waals surface area (Å²) in [6, 6.07) is 15.4. The number of rotatable bonds is 6. The molecule has 1 heterocycles. The van der Waals surface area contributed by atoms with Crippen molar-refractivity contribution in [2.45, 2.75) is 6.61 Å². The summed E-state index contributed by atoms with van der Waals surface area (Å²) >= 11 is 0. The summed E-state index contributed by atoms with van der Waals surface area (Å²) in [5.74, 6) is 0.170. The molecule has 0 unspecified atom stereocenters. The van der Waals surface area contributed by atoms with Crippen molar-refractivity contribution >= 4 is 12.6 Å². The van der Waals surface area contributed by atoms with E-state index in [0.29, 0.717) is 23.3 Å². The number of hydrogen-bond donors (Lipinski definition) is 1. The average molecular weight is 333 g/mol. The van der Waals surface area contributed by atoms with Crippen LogP contribution < -0.4 is 4.74 Å². The Morgan fingerprint density at radius 2 is 1.84 bits per heavy atom. The van der Waals surface area contributed by atoms with Gasteiger partial charge in [-0.3, -0.25) is 14.6 Å². The van der Waals surface area contributed by atoms with Gasteiger partial charge in [0, 0.05) is 22.9 Å². The topological polar surface area (TPSA) is 76.5 Å². The maximum Gasteiger partial charge on any atom is 0.157 e. The number of aldehydes is 2. The molecule has 5 heteroatoms. The standard InChI is InChI=1S/C20H15NO4/c22-11-14-4-1-5-15(10-14)20-16(6-3-9-21-20)13-25-19-8-2-7-18(24)17(19)12-23/h1-12,24H,13H2. The summed E-state index contributed by atoms with van der Waals surface area (Å²) in [5, 5.41) is 9.72. The zero-order chi connectivity index (χ0) is 17.6. The Hall–Kier alpha value is -3.47. The van der Waals surface area contributed by atoms with Gasteiger partial charge in [0.1, 0.15) is 24.4 Å². The minimum Gasteiger partial charge on any atom is -0.507 e. The number of hydrogen-bond acceptors (Lipinski definition) is 5. The number of benzene rings is 2. The predicted molar refractivity (Wildman–Crippen MR) is 92.9 cm³/mol. The monoisotopic (exact) mass is 333 g/mol. The second-order valence-electron chi connectivity index (χ2n) is 5.35. The van der Waals surface area contributed by atoms with E-state index in [-0.39, 0.29) is 17.9 Å². The Kier molecular flexibility index (Phi) is 4.85. The largest absolute Gasteiger partial charge is 0.507 e. The zero-order valence-corrected chi connectivity index (χ0v) is 13.3. The van der Waals surface area contributed by atoms with Crippen molar-refractivity contribution in [3.8, 4) is 22.8 Å². The number of carbonyl (C=O) groups excluding carboxylic acids is 2. The molecular weight excluding hydrogens is 318 g/mol. The number of pyridine rings is 1. The van der Waals surface area contributed by atoms with Crippen LogP contribution >= 0.6 is 0 Å². The highest BCUT2D eigenvalue weighted by atomic mass is 16.5. The summed E-state index contributed by atoms with van der Waals surface area (Å²) in [6.45, 7) is 0.165. The molecule has 124 valence electrons. The molecule has 0 aliphatic rings. The van der Waals surface area contributed by atoms with Gasteiger partial charge in [-0.05, 0) is 24.3 Å². The van der Waals surface area contributed by atoms with E-state index in [1.54, 1.807) is 42.6 Å². The second-order valence-corrected chi connectivity index (χ2v) is 5.35. The molecule has 1 aromatic heterocycles. The maximum atomic E-state index is 11.1. The fourth-order valence-electron chi connectivity index (χ4n) is 2.51. The Morgan fingerprint density at radius 1 is 1.00 bits per heavy atom. The van der Waals surface area contributed by atoms with E-state index in [4.69, 9.17) is 4.74 Å². The number of phenols is 1. The van der Waals surface area contributed by atoms with Crippen LogP contribution in [-0.4, -0.2) is 22.7 Å². The number of ether oxygens (including phenoxy) is 1. The minimum absolute atomic E-state index is 0.107. The number of aromatic nitrogens is 1. The van der Waals surface area contributed by atoms with E-state index >= 15 is 0 Å². The van der Waals surface area contributed by atoms with E-state index in [1.165, 1.54) is 6.07 Å². The molecule has 0 atom stereocenters. The Labute approximate surface area is 144 Å². The second kappa shape index (κ2) is 7.40. The molecule has 2 aromatic carbocycles. The first-order valence-electron chi connectivity index (χ1n) is 7.62. The van der Waals surface area contributed by atoms with Gasteiger partial charge in [-0.2, -0.15) is 0 Å². The molecule has 3 aromatic rings. The number of aromatic hydroxyl groups is 1. The van der Waals surface area contributed by atoms with Crippen molar-refractivity contribution in [1.29, 1.82) is 0 Å².